The van der Waals surface area contributed by atoms with Crippen molar-refractivity contribution in [2.24, 2.45) is 0 Å². The van der Waals surface area contributed by atoms with Crippen molar-refractivity contribution in [2.75, 3.05) is 0 Å². The SMILES string of the molecule is N#Cc1ccc(Cn2[c]cnc2)cc1. The van der Waals surface area contributed by atoms with Crippen LogP contribution in [0.1, 0.15) is 11.1 Å². The molecule has 0 saturated carbocycles. The van der Waals surface area contributed by atoms with Crippen LogP contribution in [-0.4, -0.2) is 9.55 Å². The molecule has 0 saturated heterocycles. The zero-order valence-electron chi connectivity index (χ0n) is 7.51. The summed E-state index contributed by atoms with van der Waals surface area (Å²) in [4.78, 5) is 3.91. The molecule has 1 heterocycles. The zero-order chi connectivity index (χ0) is 9.80. The lowest BCUT2D eigenvalue weighted by Gasteiger charge is -2.01. The van der Waals surface area contributed by atoms with E-state index in [1.165, 1.54) is 0 Å². The summed E-state index contributed by atoms with van der Waals surface area (Å²) in [6.45, 7) is 0.742. The molecule has 67 valence electrons. The van der Waals surface area contributed by atoms with E-state index in [0.29, 0.717) is 5.56 Å². The molecule has 2 aromatic rings. The van der Waals surface area contributed by atoms with Gasteiger partial charge in [0, 0.05) is 6.54 Å². The number of imidazole rings is 1. The highest BCUT2D eigenvalue weighted by molar-refractivity contribution is 5.31. The van der Waals surface area contributed by atoms with Gasteiger partial charge in [-0.2, -0.15) is 5.26 Å². The summed E-state index contributed by atoms with van der Waals surface area (Å²) in [6.07, 6.45) is 6.30. The first-order valence-electron chi connectivity index (χ1n) is 4.25. The molecule has 0 bridgehead atoms. The van der Waals surface area contributed by atoms with Crippen LogP contribution in [0.3, 0.4) is 0 Å². The standard InChI is InChI=1S/C11H8N3/c12-7-10-1-3-11(4-2-10)8-14-6-5-13-9-14/h1-5,9H,8H2. The van der Waals surface area contributed by atoms with Crippen LogP contribution in [0.4, 0.5) is 0 Å². The summed E-state index contributed by atoms with van der Waals surface area (Å²) in [5.74, 6) is 0. The smallest absolute Gasteiger partial charge is 0.0991 e. The average Bonchev–Trinajstić information content (AvgIpc) is 2.72. The Morgan fingerprint density at radius 1 is 1.36 bits per heavy atom. The second-order valence-corrected chi connectivity index (χ2v) is 2.96. The summed E-state index contributed by atoms with van der Waals surface area (Å²) in [6, 6.07) is 9.58. The average molecular weight is 182 g/mol. The van der Waals surface area contributed by atoms with Gasteiger partial charge < -0.3 is 4.57 Å². The van der Waals surface area contributed by atoms with Crippen LogP contribution < -0.4 is 0 Å². The third-order valence-electron chi connectivity index (χ3n) is 1.94. The minimum Gasteiger partial charge on any atom is -0.325 e. The van der Waals surface area contributed by atoms with Crippen molar-refractivity contribution >= 4 is 0 Å². The first-order valence-corrected chi connectivity index (χ1v) is 4.25. The number of hydrogen-bond donors (Lipinski definition) is 0. The summed E-state index contributed by atoms with van der Waals surface area (Å²) in [7, 11) is 0. The number of benzene rings is 1. The predicted molar refractivity (Wildman–Crippen MR) is 51.3 cm³/mol. The Hall–Kier alpha value is -2.08. The maximum absolute atomic E-state index is 8.61. The van der Waals surface area contributed by atoms with Crippen LogP contribution in [0.15, 0.2) is 36.8 Å². The van der Waals surface area contributed by atoms with Gasteiger partial charge in [0.1, 0.15) is 0 Å². The van der Waals surface area contributed by atoms with Crippen LogP contribution in [0, 0.1) is 17.5 Å². The van der Waals surface area contributed by atoms with Gasteiger partial charge in [0.25, 0.3) is 0 Å². The Kier molecular flexibility index (Phi) is 2.28. The van der Waals surface area contributed by atoms with Crippen molar-refractivity contribution < 1.29 is 0 Å². The number of aromatic nitrogens is 2. The molecule has 0 unspecified atom stereocenters. The lowest BCUT2D eigenvalue weighted by atomic mass is 10.1. The molecular weight excluding hydrogens is 174 g/mol. The van der Waals surface area contributed by atoms with Gasteiger partial charge in [-0.3, -0.25) is 0 Å². The van der Waals surface area contributed by atoms with Crippen LogP contribution in [0.25, 0.3) is 0 Å². The Balaban J connectivity index is 2.15. The maximum Gasteiger partial charge on any atom is 0.0991 e. The molecule has 0 atom stereocenters. The molecule has 14 heavy (non-hydrogen) atoms. The normalized spacial score (nSPS) is 9.64. The van der Waals surface area contributed by atoms with E-state index in [4.69, 9.17) is 5.26 Å². The molecule has 0 aliphatic heterocycles. The third-order valence-corrected chi connectivity index (χ3v) is 1.94. The molecule has 0 spiro atoms. The molecule has 3 heteroatoms. The Morgan fingerprint density at radius 3 is 2.71 bits per heavy atom. The molecule has 0 N–H and O–H groups in total. The van der Waals surface area contributed by atoms with Crippen LogP contribution in [-0.2, 0) is 6.54 Å². The molecule has 1 radical (unpaired) electrons. The molecule has 0 aliphatic carbocycles. The lowest BCUT2D eigenvalue weighted by molar-refractivity contribution is 0.791. The predicted octanol–water partition coefficient (Wildman–Crippen LogP) is 1.60. The monoisotopic (exact) mass is 182 g/mol. The van der Waals surface area contributed by atoms with E-state index >= 15 is 0 Å². The van der Waals surface area contributed by atoms with Gasteiger partial charge >= 0.3 is 0 Å². The van der Waals surface area contributed by atoms with Gasteiger partial charge in [0.15, 0.2) is 0 Å². The Labute approximate surface area is 82.2 Å². The molecule has 3 nitrogen and oxygen atoms in total. The third kappa shape index (κ3) is 1.80. The van der Waals surface area contributed by atoms with Gasteiger partial charge in [0.05, 0.1) is 30.4 Å². The van der Waals surface area contributed by atoms with E-state index in [1.807, 2.05) is 28.8 Å². The summed E-state index contributed by atoms with van der Waals surface area (Å²) in [5.41, 5.74) is 1.82. The van der Waals surface area contributed by atoms with Crippen LogP contribution in [0.5, 0.6) is 0 Å². The minimum absolute atomic E-state index is 0.684. The summed E-state index contributed by atoms with van der Waals surface area (Å²) < 4.78 is 1.86. The summed E-state index contributed by atoms with van der Waals surface area (Å²) in [5, 5.41) is 8.61. The van der Waals surface area contributed by atoms with E-state index < -0.39 is 0 Å². The number of nitrogens with zero attached hydrogens (tertiary/aromatic N) is 3. The van der Waals surface area contributed by atoms with Gasteiger partial charge in [-0.05, 0) is 17.7 Å². The van der Waals surface area contributed by atoms with Crippen LogP contribution in [0.2, 0.25) is 0 Å². The van der Waals surface area contributed by atoms with E-state index in [1.54, 1.807) is 12.5 Å². The van der Waals surface area contributed by atoms with E-state index in [-0.39, 0.29) is 0 Å². The summed E-state index contributed by atoms with van der Waals surface area (Å²) >= 11 is 0. The quantitative estimate of drug-likeness (QED) is 0.707. The van der Waals surface area contributed by atoms with Gasteiger partial charge in [-0.25, -0.2) is 4.98 Å². The van der Waals surface area contributed by atoms with Crippen molar-refractivity contribution in [2.45, 2.75) is 6.54 Å². The Morgan fingerprint density at radius 2 is 2.14 bits per heavy atom. The molecule has 2 rings (SSSR count). The highest BCUT2D eigenvalue weighted by atomic mass is 15.0. The van der Waals surface area contributed by atoms with Crippen molar-refractivity contribution in [3.63, 3.8) is 0 Å². The van der Waals surface area contributed by atoms with Crippen molar-refractivity contribution in [1.29, 1.82) is 5.26 Å². The number of rotatable bonds is 2. The first kappa shape index (κ1) is 8.52. The first-order chi connectivity index (χ1) is 6.88. The highest BCUT2D eigenvalue weighted by Crippen LogP contribution is 2.04. The molecule has 0 fully saturated rings. The van der Waals surface area contributed by atoms with Crippen LogP contribution >= 0.6 is 0 Å². The Bertz CT molecular complexity index is 434. The lowest BCUT2D eigenvalue weighted by Crippen LogP contribution is -1.96. The van der Waals surface area contributed by atoms with Crippen molar-refractivity contribution in [1.82, 2.24) is 9.55 Å². The topological polar surface area (TPSA) is 41.6 Å². The second kappa shape index (κ2) is 3.75. The van der Waals surface area contributed by atoms with Gasteiger partial charge in [-0.1, -0.05) is 12.1 Å². The van der Waals surface area contributed by atoms with E-state index in [0.717, 1.165) is 12.1 Å². The van der Waals surface area contributed by atoms with E-state index in [9.17, 15) is 0 Å². The molecule has 0 aliphatic rings. The number of nitriles is 1. The fraction of sp³-hybridized carbons (Fsp3) is 0.0909. The zero-order valence-corrected chi connectivity index (χ0v) is 7.51. The second-order valence-electron chi connectivity index (χ2n) is 2.96. The molecule has 1 aromatic heterocycles. The fourth-order valence-corrected chi connectivity index (χ4v) is 1.22. The van der Waals surface area contributed by atoms with Gasteiger partial charge in [-0.15, -0.1) is 0 Å². The largest absolute Gasteiger partial charge is 0.325 e. The number of hydrogen-bond acceptors (Lipinski definition) is 2. The molecule has 1 aromatic carbocycles. The van der Waals surface area contributed by atoms with Crippen molar-refractivity contribution in [3.8, 4) is 6.07 Å². The maximum atomic E-state index is 8.61. The van der Waals surface area contributed by atoms with Crippen molar-refractivity contribution in [3.05, 3.63) is 54.1 Å². The molecular formula is C11H8N3. The fourth-order valence-electron chi connectivity index (χ4n) is 1.22. The van der Waals surface area contributed by atoms with Gasteiger partial charge in [0.2, 0.25) is 0 Å². The van der Waals surface area contributed by atoms with E-state index in [2.05, 4.69) is 17.3 Å². The minimum atomic E-state index is 0.684. The molecule has 0 amide bonds. The highest BCUT2D eigenvalue weighted by Gasteiger charge is 1.95.